The summed E-state index contributed by atoms with van der Waals surface area (Å²) in [7, 11) is 0. The number of furan rings is 2. The molecule has 226 valence electrons. The Bertz CT molecular complexity index is 2770. The van der Waals surface area contributed by atoms with E-state index in [2.05, 4.69) is 95.9 Å². The molecular weight excluding hydrogens is 592 g/mol. The van der Waals surface area contributed by atoms with E-state index < -0.39 is 0 Å². The molecule has 5 heteroatoms. The summed E-state index contributed by atoms with van der Waals surface area (Å²) in [5.74, 6) is 0.587. The minimum Gasteiger partial charge on any atom is -0.456 e. The average Bonchev–Trinajstić information content (AvgIpc) is 3.86. The number of anilines is 3. The van der Waals surface area contributed by atoms with Crippen molar-refractivity contribution >= 4 is 72.0 Å². The van der Waals surface area contributed by atoms with Crippen LogP contribution >= 0.6 is 0 Å². The molecule has 7 aromatic carbocycles. The smallest absolute Gasteiger partial charge is 0.227 e. The molecule has 0 amide bonds. The van der Waals surface area contributed by atoms with Gasteiger partial charge < -0.3 is 18.2 Å². The number of fused-ring (bicyclic) bond motifs is 8. The Morgan fingerprint density at radius 1 is 0.396 bits per heavy atom. The molecule has 0 fully saturated rings. The first-order chi connectivity index (χ1) is 23.8. The van der Waals surface area contributed by atoms with Crippen molar-refractivity contribution in [3.05, 3.63) is 158 Å². The summed E-state index contributed by atoms with van der Waals surface area (Å²) in [6, 6.07) is 54.0. The van der Waals surface area contributed by atoms with Crippen molar-refractivity contribution in [2.75, 3.05) is 4.90 Å². The van der Waals surface area contributed by atoms with Crippen molar-refractivity contribution in [3.8, 4) is 22.6 Å². The van der Waals surface area contributed by atoms with E-state index in [4.69, 9.17) is 18.2 Å². The Kier molecular flexibility index (Phi) is 5.81. The van der Waals surface area contributed by atoms with Crippen LogP contribution in [0.15, 0.2) is 171 Å². The summed E-state index contributed by atoms with van der Waals surface area (Å²) in [4.78, 5) is 7.11. The van der Waals surface area contributed by atoms with E-state index in [1.807, 2.05) is 66.7 Å². The van der Waals surface area contributed by atoms with Crippen LogP contribution in [-0.4, -0.2) is 4.98 Å². The van der Waals surface area contributed by atoms with E-state index in [9.17, 15) is 0 Å². The predicted molar refractivity (Wildman–Crippen MR) is 194 cm³/mol. The van der Waals surface area contributed by atoms with Gasteiger partial charge in [0.25, 0.3) is 0 Å². The van der Waals surface area contributed by atoms with E-state index in [1.54, 1.807) is 0 Å². The van der Waals surface area contributed by atoms with Crippen molar-refractivity contribution in [1.82, 2.24) is 4.98 Å². The van der Waals surface area contributed by atoms with Gasteiger partial charge in [0.1, 0.15) is 27.8 Å². The Morgan fingerprint density at radius 3 is 1.73 bits per heavy atom. The van der Waals surface area contributed by atoms with Gasteiger partial charge in [-0.2, -0.15) is 0 Å². The minimum absolute atomic E-state index is 0.587. The second-order valence-electron chi connectivity index (χ2n) is 12.0. The summed E-state index contributed by atoms with van der Waals surface area (Å²) in [6.45, 7) is 0. The third-order valence-electron chi connectivity index (χ3n) is 9.10. The molecule has 0 saturated carbocycles. The van der Waals surface area contributed by atoms with Crippen LogP contribution < -0.4 is 4.90 Å². The van der Waals surface area contributed by atoms with E-state index in [0.717, 1.165) is 77.6 Å². The standard InChI is InChI=1S/C43H26N2O3/c1-3-9-27(10-4-1)28-15-17-30(18-16-28)45(31-19-22-38-34(25-31)33-13-7-8-14-37(33)46-38)32-20-23-39-35(26-32)41-40(47-39)24-21-36-42(41)48-43(44-36)29-11-5-2-6-12-29/h1-26H. The van der Waals surface area contributed by atoms with Gasteiger partial charge in [-0.25, -0.2) is 4.98 Å². The van der Waals surface area contributed by atoms with Gasteiger partial charge in [0.2, 0.25) is 5.89 Å². The normalized spacial score (nSPS) is 11.8. The van der Waals surface area contributed by atoms with Crippen LogP contribution in [0, 0.1) is 0 Å². The van der Waals surface area contributed by atoms with Crippen LogP contribution in [-0.2, 0) is 0 Å². The first-order valence-electron chi connectivity index (χ1n) is 15.9. The van der Waals surface area contributed by atoms with E-state index in [0.29, 0.717) is 11.5 Å². The maximum atomic E-state index is 6.44. The quantitative estimate of drug-likeness (QED) is 0.192. The maximum Gasteiger partial charge on any atom is 0.227 e. The lowest BCUT2D eigenvalue weighted by atomic mass is 10.0. The number of benzene rings is 7. The van der Waals surface area contributed by atoms with Crippen LogP contribution in [0.3, 0.4) is 0 Å². The molecule has 0 spiro atoms. The van der Waals surface area contributed by atoms with Gasteiger partial charge in [0.15, 0.2) is 5.58 Å². The zero-order chi connectivity index (χ0) is 31.6. The molecule has 10 rings (SSSR count). The van der Waals surface area contributed by atoms with Crippen molar-refractivity contribution in [1.29, 1.82) is 0 Å². The molecule has 3 aromatic heterocycles. The Morgan fingerprint density at radius 2 is 0.958 bits per heavy atom. The second kappa shape index (κ2) is 10.5. The molecule has 0 aliphatic carbocycles. The first-order valence-corrected chi connectivity index (χ1v) is 15.9. The Balaban J connectivity index is 1.18. The Labute approximate surface area is 274 Å². The zero-order valence-corrected chi connectivity index (χ0v) is 25.6. The summed E-state index contributed by atoms with van der Waals surface area (Å²) in [6.07, 6.45) is 0. The molecule has 0 atom stereocenters. The van der Waals surface area contributed by atoms with E-state index >= 15 is 0 Å². The lowest BCUT2D eigenvalue weighted by Crippen LogP contribution is -2.09. The molecule has 3 heterocycles. The van der Waals surface area contributed by atoms with E-state index in [-0.39, 0.29) is 0 Å². The van der Waals surface area contributed by atoms with Crippen LogP contribution in [0.5, 0.6) is 0 Å². The van der Waals surface area contributed by atoms with Crippen LogP contribution in [0.2, 0.25) is 0 Å². The van der Waals surface area contributed by atoms with Crippen molar-refractivity contribution < 1.29 is 13.3 Å². The molecular formula is C43H26N2O3. The molecule has 0 saturated heterocycles. The van der Waals surface area contributed by atoms with Crippen molar-refractivity contribution in [2.24, 2.45) is 0 Å². The van der Waals surface area contributed by atoms with Gasteiger partial charge in [0, 0.05) is 38.8 Å². The SMILES string of the molecule is c1ccc(-c2ccc(N(c3ccc4oc5ccccc5c4c3)c3ccc4oc5ccc6nc(-c7ccccc7)oc6c5c4c3)cc2)cc1. The summed E-state index contributed by atoms with van der Waals surface area (Å²) >= 11 is 0. The van der Waals surface area contributed by atoms with Gasteiger partial charge in [-0.3, -0.25) is 0 Å². The fourth-order valence-corrected chi connectivity index (χ4v) is 6.81. The van der Waals surface area contributed by atoms with Crippen molar-refractivity contribution in [3.63, 3.8) is 0 Å². The molecule has 48 heavy (non-hydrogen) atoms. The van der Waals surface area contributed by atoms with E-state index in [1.165, 1.54) is 5.56 Å². The number of nitrogens with zero attached hydrogens (tertiary/aromatic N) is 2. The highest BCUT2D eigenvalue weighted by molar-refractivity contribution is 6.17. The zero-order valence-electron chi connectivity index (χ0n) is 25.6. The first kappa shape index (κ1) is 26.6. The monoisotopic (exact) mass is 618 g/mol. The molecule has 0 bridgehead atoms. The highest BCUT2D eigenvalue weighted by Crippen LogP contribution is 2.43. The van der Waals surface area contributed by atoms with Crippen molar-refractivity contribution in [2.45, 2.75) is 0 Å². The summed E-state index contributed by atoms with van der Waals surface area (Å²) in [5, 5.41) is 4.03. The fourth-order valence-electron chi connectivity index (χ4n) is 6.81. The third-order valence-corrected chi connectivity index (χ3v) is 9.10. The Hall–Kier alpha value is -6.59. The number of rotatable bonds is 5. The summed E-state index contributed by atoms with van der Waals surface area (Å²) in [5.41, 5.74) is 11.1. The second-order valence-corrected chi connectivity index (χ2v) is 12.0. The molecule has 0 aliphatic heterocycles. The number of aromatic nitrogens is 1. The number of para-hydroxylation sites is 1. The van der Waals surface area contributed by atoms with Gasteiger partial charge in [-0.05, 0) is 90.0 Å². The highest BCUT2D eigenvalue weighted by atomic mass is 16.4. The molecule has 5 nitrogen and oxygen atoms in total. The van der Waals surface area contributed by atoms with Gasteiger partial charge in [0.05, 0.1) is 5.39 Å². The molecule has 0 radical (unpaired) electrons. The largest absolute Gasteiger partial charge is 0.456 e. The molecule has 0 unspecified atom stereocenters. The molecule has 0 N–H and O–H groups in total. The van der Waals surface area contributed by atoms with Crippen LogP contribution in [0.4, 0.5) is 17.1 Å². The maximum absolute atomic E-state index is 6.44. The number of oxazole rings is 1. The predicted octanol–water partition coefficient (Wildman–Crippen LogP) is 12.4. The van der Waals surface area contributed by atoms with Crippen LogP contribution in [0.1, 0.15) is 0 Å². The minimum atomic E-state index is 0.587. The topological polar surface area (TPSA) is 55.6 Å². The van der Waals surface area contributed by atoms with Gasteiger partial charge in [-0.1, -0.05) is 78.9 Å². The number of hydrogen-bond donors (Lipinski definition) is 0. The summed E-state index contributed by atoms with van der Waals surface area (Å²) < 4.78 is 19.0. The highest BCUT2D eigenvalue weighted by Gasteiger charge is 2.20. The lowest BCUT2D eigenvalue weighted by Gasteiger charge is -2.26. The molecule has 0 aliphatic rings. The number of hydrogen-bond acceptors (Lipinski definition) is 5. The third kappa shape index (κ3) is 4.22. The van der Waals surface area contributed by atoms with Gasteiger partial charge >= 0.3 is 0 Å². The van der Waals surface area contributed by atoms with Crippen LogP contribution in [0.25, 0.3) is 77.6 Å². The lowest BCUT2D eigenvalue weighted by molar-refractivity contribution is 0.622. The molecule has 10 aromatic rings. The average molecular weight is 619 g/mol. The fraction of sp³-hybridized carbons (Fsp3) is 0. The van der Waals surface area contributed by atoms with Gasteiger partial charge in [-0.15, -0.1) is 0 Å².